The molecule has 1 saturated heterocycles. The van der Waals surface area contributed by atoms with Gasteiger partial charge in [-0.1, -0.05) is 46.8 Å². The van der Waals surface area contributed by atoms with Crippen LogP contribution in [0.15, 0.2) is 6.20 Å². The molecule has 13 heteroatoms. The molecule has 44 heavy (non-hydrogen) atoms. The highest BCUT2D eigenvalue weighted by Crippen LogP contribution is 2.35. The van der Waals surface area contributed by atoms with E-state index in [1.165, 1.54) is 4.90 Å². The van der Waals surface area contributed by atoms with Crippen LogP contribution in [0.3, 0.4) is 0 Å². The Morgan fingerprint density at radius 1 is 0.682 bits per heavy atom. The van der Waals surface area contributed by atoms with E-state index in [0.29, 0.717) is 104 Å². The van der Waals surface area contributed by atoms with Crippen LogP contribution < -0.4 is 0 Å². The Balaban J connectivity index is 1.32. The lowest BCUT2D eigenvalue weighted by Gasteiger charge is -2.24. The highest BCUT2D eigenvalue weighted by Gasteiger charge is 2.44. The van der Waals surface area contributed by atoms with Crippen molar-refractivity contribution in [2.45, 2.75) is 67.5 Å². The molecule has 254 valence electrons. The number of aromatic nitrogens is 3. The molecule has 13 nitrogen and oxygen atoms in total. The number of imide groups is 1. The minimum Gasteiger partial charge on any atom is -0.379 e. The van der Waals surface area contributed by atoms with Gasteiger partial charge >= 0.3 is 0 Å². The average molecular weight is 629 g/mol. The van der Waals surface area contributed by atoms with Crippen LogP contribution in [0.4, 0.5) is 0 Å². The smallest absolute Gasteiger partial charge is 0.233 e. The largest absolute Gasteiger partial charge is 0.379 e. The van der Waals surface area contributed by atoms with Crippen LogP contribution in [0.1, 0.15) is 60.1 Å². The number of carbonyl (C=O) groups excluding carboxylic acids is 2. The lowest BCUT2D eigenvalue weighted by atomic mass is 9.80. The van der Waals surface area contributed by atoms with Crippen LogP contribution in [0.2, 0.25) is 0 Å². The fourth-order valence-electron chi connectivity index (χ4n) is 4.17. The number of hydrogen-bond acceptors (Lipinski definition) is 11. The SMILES string of the molecule is CC(C)(C)CCOCCOCCOCCOCCOCCOCCOCCn1cc(CN2C(=O)CC(C(C)(C)C)C2=O)nn1. The zero-order chi connectivity index (χ0) is 32.3. The molecule has 1 fully saturated rings. The molecule has 0 saturated carbocycles. The number of hydrogen-bond donors (Lipinski definition) is 0. The maximum Gasteiger partial charge on any atom is 0.233 e. The van der Waals surface area contributed by atoms with Crippen LogP contribution in [0.5, 0.6) is 0 Å². The molecule has 0 N–H and O–H groups in total. The zero-order valence-electron chi connectivity index (χ0n) is 27.8. The zero-order valence-corrected chi connectivity index (χ0v) is 27.8. The molecule has 2 heterocycles. The standard InChI is InChI=1S/C31H56N4O9/c1-30(2,3)7-9-38-11-13-40-15-17-42-19-21-44-22-20-43-18-16-41-14-12-39-10-8-34-24-26(32-33-34)25-35-28(36)23-27(29(35)37)31(4,5)6/h24,27H,7-23,25H2,1-6H3. The van der Waals surface area contributed by atoms with Gasteiger partial charge in [0, 0.05) is 13.0 Å². The Morgan fingerprint density at radius 3 is 1.52 bits per heavy atom. The monoisotopic (exact) mass is 628 g/mol. The predicted octanol–water partition coefficient (Wildman–Crippen LogP) is 2.75. The highest BCUT2D eigenvalue weighted by molar-refractivity contribution is 6.03. The average Bonchev–Trinajstić information content (AvgIpc) is 3.52. The molecule has 1 aromatic rings. The van der Waals surface area contributed by atoms with Crippen molar-refractivity contribution in [3.05, 3.63) is 11.9 Å². The van der Waals surface area contributed by atoms with Gasteiger partial charge in [-0.3, -0.25) is 14.5 Å². The van der Waals surface area contributed by atoms with E-state index in [2.05, 4.69) is 31.1 Å². The minimum absolute atomic E-state index is 0.137. The van der Waals surface area contributed by atoms with Crippen molar-refractivity contribution in [2.24, 2.45) is 16.7 Å². The van der Waals surface area contributed by atoms with Crippen molar-refractivity contribution in [3.63, 3.8) is 0 Å². The summed E-state index contributed by atoms with van der Waals surface area (Å²) < 4.78 is 40.3. The predicted molar refractivity (Wildman–Crippen MR) is 163 cm³/mol. The molecule has 0 radical (unpaired) electrons. The molecule has 0 spiro atoms. The quantitative estimate of drug-likeness (QED) is 0.117. The highest BCUT2D eigenvalue weighted by atomic mass is 16.6. The van der Waals surface area contributed by atoms with E-state index in [1.807, 2.05) is 20.8 Å². The van der Waals surface area contributed by atoms with Gasteiger partial charge in [-0.15, -0.1) is 5.10 Å². The summed E-state index contributed by atoms with van der Waals surface area (Å²) in [7, 11) is 0. The Bertz CT molecular complexity index is 930. The number of ether oxygens (including phenoxy) is 7. The Hall–Kier alpha value is -2.00. The fourth-order valence-corrected chi connectivity index (χ4v) is 4.17. The van der Waals surface area contributed by atoms with Crippen LogP contribution in [0, 0.1) is 16.7 Å². The van der Waals surface area contributed by atoms with Gasteiger partial charge in [-0.2, -0.15) is 0 Å². The molecule has 1 aliphatic heterocycles. The lowest BCUT2D eigenvalue weighted by molar-refractivity contribution is -0.141. The molecule has 0 aliphatic carbocycles. The van der Waals surface area contributed by atoms with E-state index in [-0.39, 0.29) is 36.1 Å². The number of amides is 2. The maximum absolute atomic E-state index is 12.7. The van der Waals surface area contributed by atoms with Crippen LogP contribution in [0.25, 0.3) is 0 Å². The first kappa shape index (κ1) is 38.2. The van der Waals surface area contributed by atoms with Gasteiger partial charge in [0.1, 0.15) is 5.69 Å². The van der Waals surface area contributed by atoms with E-state index in [9.17, 15) is 9.59 Å². The van der Waals surface area contributed by atoms with Crippen LogP contribution in [-0.4, -0.2) is 124 Å². The van der Waals surface area contributed by atoms with Crippen molar-refractivity contribution in [1.29, 1.82) is 0 Å². The van der Waals surface area contributed by atoms with Crippen LogP contribution >= 0.6 is 0 Å². The summed E-state index contributed by atoms with van der Waals surface area (Å²) >= 11 is 0. The number of likely N-dealkylation sites (tertiary alicyclic amines) is 1. The van der Waals surface area contributed by atoms with Gasteiger partial charge in [0.25, 0.3) is 0 Å². The normalized spacial score (nSPS) is 16.0. The molecular formula is C31H56N4O9. The molecule has 1 aromatic heterocycles. The Kier molecular flexibility index (Phi) is 18.2. The maximum atomic E-state index is 12.7. The Labute approximate surface area is 263 Å². The summed E-state index contributed by atoms with van der Waals surface area (Å²) in [4.78, 5) is 26.3. The molecule has 0 aromatic carbocycles. The van der Waals surface area contributed by atoms with E-state index in [4.69, 9.17) is 33.2 Å². The van der Waals surface area contributed by atoms with Crippen molar-refractivity contribution in [2.75, 3.05) is 92.5 Å². The summed E-state index contributed by atoms with van der Waals surface area (Å²) in [5.41, 5.74) is 0.621. The number of nitrogens with zero attached hydrogens (tertiary/aromatic N) is 4. The van der Waals surface area contributed by atoms with Gasteiger partial charge in [-0.25, -0.2) is 4.68 Å². The first-order valence-corrected chi connectivity index (χ1v) is 15.7. The lowest BCUT2D eigenvalue weighted by Crippen LogP contribution is -2.33. The summed E-state index contributed by atoms with van der Waals surface area (Å²) in [5.74, 6) is -0.593. The van der Waals surface area contributed by atoms with Gasteiger partial charge in [0.2, 0.25) is 11.8 Å². The summed E-state index contributed by atoms with van der Waals surface area (Å²) in [6, 6.07) is 0. The van der Waals surface area contributed by atoms with E-state index in [1.54, 1.807) is 10.9 Å². The third kappa shape index (κ3) is 16.9. The van der Waals surface area contributed by atoms with Gasteiger partial charge in [-0.05, 0) is 17.3 Å². The second kappa shape index (κ2) is 20.9. The number of carbonyl (C=O) groups is 2. The first-order valence-electron chi connectivity index (χ1n) is 15.7. The van der Waals surface area contributed by atoms with Gasteiger partial charge in [0.15, 0.2) is 0 Å². The third-order valence-corrected chi connectivity index (χ3v) is 6.89. The minimum atomic E-state index is -0.298. The summed E-state index contributed by atoms with van der Waals surface area (Å²) in [5, 5.41) is 8.17. The van der Waals surface area contributed by atoms with Gasteiger partial charge in [0.05, 0.1) is 111 Å². The van der Waals surface area contributed by atoms with Crippen LogP contribution in [-0.2, 0) is 55.8 Å². The Morgan fingerprint density at radius 2 is 1.11 bits per heavy atom. The molecule has 0 bridgehead atoms. The summed E-state index contributed by atoms with van der Waals surface area (Å²) in [6.45, 7) is 20.6. The molecule has 1 unspecified atom stereocenters. The van der Waals surface area contributed by atoms with Crippen molar-refractivity contribution >= 4 is 11.8 Å². The molecular weight excluding hydrogens is 572 g/mol. The van der Waals surface area contributed by atoms with E-state index < -0.39 is 0 Å². The van der Waals surface area contributed by atoms with Gasteiger partial charge < -0.3 is 33.2 Å². The first-order chi connectivity index (χ1) is 21.0. The second-order valence-electron chi connectivity index (χ2n) is 13.0. The van der Waals surface area contributed by atoms with Crippen molar-refractivity contribution in [3.8, 4) is 0 Å². The summed E-state index contributed by atoms with van der Waals surface area (Å²) in [6.07, 6.45) is 3.02. The fraction of sp³-hybridized carbons (Fsp3) is 0.871. The molecule has 2 amide bonds. The van der Waals surface area contributed by atoms with E-state index >= 15 is 0 Å². The third-order valence-electron chi connectivity index (χ3n) is 6.89. The van der Waals surface area contributed by atoms with E-state index in [0.717, 1.165) is 13.0 Å². The number of rotatable bonds is 25. The van der Waals surface area contributed by atoms with Crippen molar-refractivity contribution in [1.82, 2.24) is 19.9 Å². The van der Waals surface area contributed by atoms with Crippen molar-refractivity contribution < 1.29 is 42.7 Å². The topological polar surface area (TPSA) is 133 Å². The second-order valence-corrected chi connectivity index (χ2v) is 13.0. The molecule has 1 aliphatic rings. The molecule has 2 rings (SSSR count). The molecule has 1 atom stereocenters.